The molecule has 2 N–H and O–H groups in total. The summed E-state index contributed by atoms with van der Waals surface area (Å²) in [4.78, 5) is 38.4. The topological polar surface area (TPSA) is 84.0 Å². The Bertz CT molecular complexity index is 990. The number of carbonyl (C=O) groups is 1. The number of hydrogen-bond acceptors (Lipinski definition) is 3. The minimum Gasteiger partial charge on any atom is -0.325 e. The number of fused-ring (bicyclic) bond motifs is 1. The van der Waals surface area contributed by atoms with Crippen molar-refractivity contribution in [2.75, 3.05) is 5.32 Å². The van der Waals surface area contributed by atoms with Crippen LogP contribution in [0.5, 0.6) is 0 Å². The Morgan fingerprint density at radius 1 is 1.09 bits per heavy atom. The standard InChI is InChI=1S/C16H12ClN3O3/c17-10-5-7-11(8-6-10)18-14(21)9-20-13-4-2-1-3-12(13)19-15(22)16(20)23/h1-8H,9H2,(H,18,21)(H,19,22). The van der Waals surface area contributed by atoms with Crippen LogP contribution in [0.2, 0.25) is 5.02 Å². The number of anilines is 1. The average Bonchev–Trinajstić information content (AvgIpc) is 2.54. The predicted octanol–water partition coefficient (Wildman–Crippen LogP) is 1.98. The number of aromatic amines is 1. The van der Waals surface area contributed by atoms with Crippen LogP contribution >= 0.6 is 11.6 Å². The minimum atomic E-state index is -0.769. The van der Waals surface area contributed by atoms with E-state index in [9.17, 15) is 14.4 Å². The van der Waals surface area contributed by atoms with Gasteiger partial charge in [-0.3, -0.25) is 19.0 Å². The van der Waals surface area contributed by atoms with Crippen molar-refractivity contribution in [3.05, 3.63) is 74.3 Å². The lowest BCUT2D eigenvalue weighted by Gasteiger charge is -2.10. The number of amides is 1. The van der Waals surface area contributed by atoms with Crippen molar-refractivity contribution in [1.82, 2.24) is 9.55 Å². The fourth-order valence-corrected chi connectivity index (χ4v) is 2.38. The highest BCUT2D eigenvalue weighted by molar-refractivity contribution is 6.30. The van der Waals surface area contributed by atoms with Crippen molar-refractivity contribution in [1.29, 1.82) is 0 Å². The molecule has 23 heavy (non-hydrogen) atoms. The summed E-state index contributed by atoms with van der Waals surface area (Å²) >= 11 is 5.79. The van der Waals surface area contributed by atoms with Gasteiger partial charge in [0.05, 0.1) is 11.0 Å². The summed E-state index contributed by atoms with van der Waals surface area (Å²) in [6, 6.07) is 13.4. The van der Waals surface area contributed by atoms with Gasteiger partial charge in [0.2, 0.25) is 5.91 Å². The van der Waals surface area contributed by atoms with Crippen LogP contribution in [0.4, 0.5) is 5.69 Å². The second kappa shape index (κ2) is 6.10. The molecule has 0 atom stereocenters. The van der Waals surface area contributed by atoms with Crippen molar-refractivity contribution in [2.45, 2.75) is 6.54 Å². The maximum Gasteiger partial charge on any atom is 0.317 e. The van der Waals surface area contributed by atoms with Gasteiger partial charge in [0.1, 0.15) is 6.54 Å². The quantitative estimate of drug-likeness (QED) is 0.721. The molecule has 1 amide bonds. The molecule has 1 aromatic heterocycles. The number of hydrogen-bond donors (Lipinski definition) is 2. The van der Waals surface area contributed by atoms with Gasteiger partial charge in [-0.1, -0.05) is 23.7 Å². The van der Waals surface area contributed by atoms with E-state index in [0.29, 0.717) is 21.7 Å². The number of para-hydroxylation sites is 2. The summed E-state index contributed by atoms with van der Waals surface area (Å²) in [5.41, 5.74) is 0.0132. The third kappa shape index (κ3) is 3.17. The van der Waals surface area contributed by atoms with Crippen molar-refractivity contribution in [2.24, 2.45) is 0 Å². The third-order valence-electron chi connectivity index (χ3n) is 3.31. The SMILES string of the molecule is O=C(Cn1c(=O)c(=O)[nH]c2ccccc21)Nc1ccc(Cl)cc1. The number of nitrogens with zero attached hydrogens (tertiary/aromatic N) is 1. The van der Waals surface area contributed by atoms with Gasteiger partial charge < -0.3 is 10.3 Å². The number of aromatic nitrogens is 2. The van der Waals surface area contributed by atoms with E-state index in [1.807, 2.05) is 0 Å². The Morgan fingerprint density at radius 3 is 2.52 bits per heavy atom. The summed E-state index contributed by atoms with van der Waals surface area (Å²) in [6.45, 7) is -0.258. The van der Waals surface area contributed by atoms with E-state index in [1.54, 1.807) is 48.5 Å². The van der Waals surface area contributed by atoms with Crippen LogP contribution < -0.4 is 16.4 Å². The summed E-state index contributed by atoms with van der Waals surface area (Å²) < 4.78 is 1.15. The van der Waals surface area contributed by atoms with Crippen molar-refractivity contribution in [3.63, 3.8) is 0 Å². The van der Waals surface area contributed by atoms with Crippen LogP contribution in [-0.4, -0.2) is 15.5 Å². The minimum absolute atomic E-state index is 0.258. The van der Waals surface area contributed by atoms with Gasteiger partial charge in [-0.2, -0.15) is 0 Å². The highest BCUT2D eigenvalue weighted by atomic mass is 35.5. The van der Waals surface area contributed by atoms with Gasteiger partial charge in [0, 0.05) is 10.7 Å². The molecule has 0 radical (unpaired) electrons. The van der Waals surface area contributed by atoms with Crippen LogP contribution in [0.15, 0.2) is 58.1 Å². The fraction of sp³-hybridized carbons (Fsp3) is 0.0625. The van der Waals surface area contributed by atoms with Gasteiger partial charge >= 0.3 is 11.1 Å². The smallest absolute Gasteiger partial charge is 0.317 e. The molecule has 3 aromatic rings. The first-order valence-corrected chi connectivity index (χ1v) is 7.20. The molecular weight excluding hydrogens is 318 g/mol. The van der Waals surface area contributed by atoms with Crippen LogP contribution in [0, 0.1) is 0 Å². The summed E-state index contributed by atoms with van der Waals surface area (Å²) in [7, 11) is 0. The second-order valence-electron chi connectivity index (χ2n) is 4.92. The van der Waals surface area contributed by atoms with Crippen molar-refractivity contribution >= 4 is 34.2 Å². The zero-order valence-corrected chi connectivity index (χ0v) is 12.6. The number of rotatable bonds is 3. The molecule has 0 spiro atoms. The maximum atomic E-state index is 12.2. The highest BCUT2D eigenvalue weighted by Gasteiger charge is 2.11. The Balaban J connectivity index is 1.93. The molecule has 1 heterocycles. The monoisotopic (exact) mass is 329 g/mol. The number of nitrogens with one attached hydrogen (secondary N) is 2. The predicted molar refractivity (Wildman–Crippen MR) is 88.9 cm³/mol. The van der Waals surface area contributed by atoms with Crippen LogP contribution in [-0.2, 0) is 11.3 Å². The number of benzene rings is 2. The third-order valence-corrected chi connectivity index (χ3v) is 3.56. The van der Waals surface area contributed by atoms with Gasteiger partial charge in [-0.25, -0.2) is 0 Å². The van der Waals surface area contributed by atoms with E-state index in [1.165, 1.54) is 0 Å². The largest absolute Gasteiger partial charge is 0.325 e. The normalized spacial score (nSPS) is 10.7. The van der Waals surface area contributed by atoms with Crippen molar-refractivity contribution in [3.8, 4) is 0 Å². The van der Waals surface area contributed by atoms with Crippen LogP contribution in [0.1, 0.15) is 0 Å². The number of halogens is 1. The maximum absolute atomic E-state index is 12.2. The lowest BCUT2D eigenvalue weighted by molar-refractivity contribution is -0.116. The Labute approximate surface area is 135 Å². The van der Waals surface area contributed by atoms with E-state index in [4.69, 9.17) is 11.6 Å². The molecule has 0 unspecified atom stereocenters. The van der Waals surface area contributed by atoms with E-state index in [0.717, 1.165) is 4.57 Å². The molecule has 7 heteroatoms. The summed E-state index contributed by atoms with van der Waals surface area (Å²) in [5.74, 6) is -0.412. The Hall–Kier alpha value is -2.86. The molecule has 0 saturated carbocycles. The van der Waals surface area contributed by atoms with Gasteiger partial charge in [-0.05, 0) is 36.4 Å². The first-order chi connectivity index (χ1) is 11.0. The molecule has 3 rings (SSSR count). The molecule has 6 nitrogen and oxygen atoms in total. The molecule has 116 valence electrons. The second-order valence-corrected chi connectivity index (χ2v) is 5.35. The molecule has 2 aromatic carbocycles. The Morgan fingerprint density at radius 2 is 1.78 bits per heavy atom. The number of carbonyl (C=O) groups excluding carboxylic acids is 1. The molecule has 0 aliphatic heterocycles. The lowest BCUT2D eigenvalue weighted by atomic mass is 10.3. The van der Waals surface area contributed by atoms with E-state index in [-0.39, 0.29) is 6.54 Å². The van der Waals surface area contributed by atoms with E-state index >= 15 is 0 Å². The average molecular weight is 330 g/mol. The first kappa shape index (κ1) is 15.1. The Kier molecular flexibility index (Phi) is 3.99. The van der Waals surface area contributed by atoms with Gasteiger partial charge in [-0.15, -0.1) is 0 Å². The van der Waals surface area contributed by atoms with Gasteiger partial charge in [0.15, 0.2) is 0 Å². The highest BCUT2D eigenvalue weighted by Crippen LogP contribution is 2.13. The molecule has 0 aliphatic rings. The van der Waals surface area contributed by atoms with Crippen LogP contribution in [0.3, 0.4) is 0 Å². The summed E-state index contributed by atoms with van der Waals surface area (Å²) in [6.07, 6.45) is 0. The van der Waals surface area contributed by atoms with Gasteiger partial charge in [0.25, 0.3) is 0 Å². The van der Waals surface area contributed by atoms with Crippen LogP contribution in [0.25, 0.3) is 11.0 Å². The zero-order chi connectivity index (χ0) is 16.4. The molecular formula is C16H12ClN3O3. The van der Waals surface area contributed by atoms with Crippen molar-refractivity contribution < 1.29 is 4.79 Å². The molecule has 0 saturated heterocycles. The zero-order valence-electron chi connectivity index (χ0n) is 11.9. The molecule has 0 bridgehead atoms. The fourth-order valence-electron chi connectivity index (χ4n) is 2.26. The molecule has 0 aliphatic carbocycles. The lowest BCUT2D eigenvalue weighted by Crippen LogP contribution is -2.38. The first-order valence-electron chi connectivity index (χ1n) is 6.82. The summed E-state index contributed by atoms with van der Waals surface area (Å²) in [5, 5.41) is 3.21. The molecule has 0 fully saturated rings. The van der Waals surface area contributed by atoms with E-state index < -0.39 is 17.0 Å². The van der Waals surface area contributed by atoms with E-state index in [2.05, 4.69) is 10.3 Å². The number of H-pyrrole nitrogens is 1.